The fourth-order valence-corrected chi connectivity index (χ4v) is 4.38. The quantitative estimate of drug-likeness (QED) is 0.221. The molecular weight excluding hydrogens is 492 g/mol. The van der Waals surface area contributed by atoms with Crippen LogP contribution in [0.4, 0.5) is 11.4 Å². The molecule has 0 aliphatic carbocycles. The maximum Gasteiger partial charge on any atom is 0.296 e. The number of non-ortho nitro benzene ring substituents is 1. The van der Waals surface area contributed by atoms with Gasteiger partial charge in [-0.1, -0.05) is 30.0 Å². The number of aromatic nitrogens is 6. The van der Waals surface area contributed by atoms with Crippen LogP contribution in [0, 0.1) is 10.1 Å². The number of nitrogens with zero attached hydrogens (tertiary/aromatic N) is 7. The molecule has 0 radical (unpaired) electrons. The zero-order valence-electron chi connectivity index (χ0n) is 20.8. The minimum absolute atomic E-state index is 0. The van der Waals surface area contributed by atoms with Gasteiger partial charge in [-0.3, -0.25) is 10.1 Å². The lowest BCUT2D eigenvalue weighted by Gasteiger charge is -2.22. The SMILES string of the molecule is C.CCO.Nc1cccc2nnn(C3CCCCO3)c12.O=[N+]([O-])c1cccc2nnn(C3CCCCO3)c12. The number of nitro groups is 1. The van der Waals surface area contributed by atoms with Gasteiger partial charge in [0.1, 0.15) is 16.6 Å². The number of benzene rings is 2. The van der Waals surface area contributed by atoms with Gasteiger partial charge in [0.05, 0.1) is 10.6 Å². The number of anilines is 1. The number of para-hydroxylation sites is 2. The van der Waals surface area contributed by atoms with Crippen molar-refractivity contribution in [2.24, 2.45) is 0 Å². The molecule has 3 N–H and O–H groups in total. The van der Waals surface area contributed by atoms with E-state index in [2.05, 4.69) is 20.6 Å². The number of hydrogen-bond acceptors (Lipinski definition) is 10. The number of aliphatic hydroxyl groups excluding tert-OH is 1. The van der Waals surface area contributed by atoms with Crippen molar-refractivity contribution in [2.45, 2.75) is 65.3 Å². The highest BCUT2D eigenvalue weighted by molar-refractivity contribution is 5.86. The third-order valence-electron chi connectivity index (χ3n) is 6.05. The fourth-order valence-electron chi connectivity index (χ4n) is 4.38. The molecular formula is C25H36N8O5. The van der Waals surface area contributed by atoms with Gasteiger partial charge in [-0.05, 0) is 63.6 Å². The van der Waals surface area contributed by atoms with Crippen LogP contribution in [0.2, 0.25) is 0 Å². The second-order valence-electron chi connectivity index (χ2n) is 8.64. The highest BCUT2D eigenvalue weighted by atomic mass is 16.6. The summed E-state index contributed by atoms with van der Waals surface area (Å²) in [5.41, 5.74) is 9.35. The molecule has 2 atom stereocenters. The zero-order valence-corrected chi connectivity index (χ0v) is 20.8. The predicted octanol–water partition coefficient (Wildman–Crippen LogP) is 4.39. The van der Waals surface area contributed by atoms with E-state index in [-0.39, 0.29) is 32.2 Å². The van der Waals surface area contributed by atoms with Gasteiger partial charge in [0.25, 0.3) is 5.69 Å². The Morgan fingerprint density at radius 2 is 1.45 bits per heavy atom. The number of ether oxygens (including phenoxy) is 2. The van der Waals surface area contributed by atoms with Gasteiger partial charge in [-0.2, -0.15) is 0 Å². The van der Waals surface area contributed by atoms with Gasteiger partial charge >= 0.3 is 0 Å². The number of nitro benzene ring substituents is 1. The molecule has 2 saturated heterocycles. The number of nitrogens with two attached hydrogens (primary N) is 1. The van der Waals surface area contributed by atoms with Crippen LogP contribution in [0.5, 0.6) is 0 Å². The Kier molecular flexibility index (Phi) is 10.4. The third-order valence-corrected chi connectivity index (χ3v) is 6.05. The molecule has 2 aromatic heterocycles. The van der Waals surface area contributed by atoms with E-state index in [1.165, 1.54) is 17.2 Å². The Morgan fingerprint density at radius 1 is 0.947 bits per heavy atom. The van der Waals surface area contributed by atoms with E-state index in [1.807, 2.05) is 22.9 Å². The summed E-state index contributed by atoms with van der Waals surface area (Å²) >= 11 is 0. The van der Waals surface area contributed by atoms with E-state index >= 15 is 0 Å². The van der Waals surface area contributed by atoms with Crippen molar-refractivity contribution in [3.05, 3.63) is 46.5 Å². The number of nitrogen functional groups attached to an aromatic ring is 1. The molecule has 2 unspecified atom stereocenters. The van der Waals surface area contributed by atoms with Crippen LogP contribution in [0.3, 0.4) is 0 Å². The van der Waals surface area contributed by atoms with Gasteiger partial charge in [0, 0.05) is 25.9 Å². The number of fused-ring (bicyclic) bond motifs is 2. The van der Waals surface area contributed by atoms with Crippen LogP contribution in [-0.4, -0.2) is 59.8 Å². The molecule has 0 amide bonds. The second kappa shape index (κ2) is 13.7. The van der Waals surface area contributed by atoms with Crippen molar-refractivity contribution in [3.8, 4) is 0 Å². The average molecular weight is 529 g/mol. The van der Waals surface area contributed by atoms with Gasteiger partial charge in [0.2, 0.25) is 0 Å². The first-order valence-electron chi connectivity index (χ1n) is 12.5. The second-order valence-corrected chi connectivity index (χ2v) is 8.64. The Balaban J connectivity index is 0.000000188. The van der Waals surface area contributed by atoms with Crippen molar-refractivity contribution in [2.75, 3.05) is 25.6 Å². The Labute approximate surface area is 220 Å². The lowest BCUT2D eigenvalue weighted by atomic mass is 10.2. The first-order chi connectivity index (χ1) is 18.0. The summed E-state index contributed by atoms with van der Waals surface area (Å²) in [6.45, 7) is 3.38. The third kappa shape index (κ3) is 6.41. The molecule has 4 aromatic rings. The monoisotopic (exact) mass is 528 g/mol. The summed E-state index contributed by atoms with van der Waals surface area (Å²) in [5, 5.41) is 34.8. The van der Waals surface area contributed by atoms with Crippen LogP contribution in [0.25, 0.3) is 22.1 Å². The van der Waals surface area contributed by atoms with E-state index in [0.29, 0.717) is 23.3 Å². The highest BCUT2D eigenvalue weighted by Crippen LogP contribution is 2.30. The molecule has 4 heterocycles. The van der Waals surface area contributed by atoms with Crippen molar-refractivity contribution >= 4 is 33.4 Å². The van der Waals surface area contributed by atoms with E-state index in [0.717, 1.165) is 49.7 Å². The molecule has 13 nitrogen and oxygen atoms in total. The molecule has 206 valence electrons. The van der Waals surface area contributed by atoms with Gasteiger partial charge < -0.3 is 20.3 Å². The molecule has 0 bridgehead atoms. The van der Waals surface area contributed by atoms with Gasteiger partial charge in [-0.25, -0.2) is 9.36 Å². The van der Waals surface area contributed by atoms with Crippen LogP contribution in [-0.2, 0) is 9.47 Å². The lowest BCUT2D eigenvalue weighted by Crippen LogP contribution is -2.19. The van der Waals surface area contributed by atoms with Gasteiger partial charge in [0.15, 0.2) is 18.0 Å². The normalized spacial score (nSPS) is 19.0. The first kappa shape index (κ1) is 28.9. The molecule has 2 aliphatic heterocycles. The van der Waals surface area contributed by atoms with E-state index in [4.69, 9.17) is 20.3 Å². The minimum atomic E-state index is -0.412. The van der Waals surface area contributed by atoms with Crippen LogP contribution >= 0.6 is 0 Å². The molecule has 13 heteroatoms. The highest BCUT2D eigenvalue weighted by Gasteiger charge is 2.24. The number of rotatable bonds is 3. The van der Waals surface area contributed by atoms with E-state index in [9.17, 15) is 10.1 Å². The molecule has 2 aliphatic rings. The minimum Gasteiger partial charge on any atom is -0.397 e. The van der Waals surface area contributed by atoms with E-state index in [1.54, 1.807) is 19.1 Å². The fraction of sp³-hybridized carbons (Fsp3) is 0.520. The number of hydrogen-bond donors (Lipinski definition) is 2. The number of aliphatic hydroxyl groups is 1. The van der Waals surface area contributed by atoms with Crippen molar-refractivity contribution in [3.63, 3.8) is 0 Å². The van der Waals surface area contributed by atoms with Crippen LogP contribution in [0.1, 0.15) is 65.3 Å². The average Bonchev–Trinajstić information content (AvgIpc) is 3.56. The lowest BCUT2D eigenvalue weighted by molar-refractivity contribution is -0.383. The Hall–Kier alpha value is -3.68. The van der Waals surface area contributed by atoms with E-state index < -0.39 is 4.92 Å². The smallest absolute Gasteiger partial charge is 0.296 e. The largest absolute Gasteiger partial charge is 0.397 e. The van der Waals surface area contributed by atoms with Crippen molar-refractivity contribution in [1.29, 1.82) is 0 Å². The molecule has 0 saturated carbocycles. The molecule has 38 heavy (non-hydrogen) atoms. The zero-order chi connectivity index (χ0) is 26.2. The summed E-state index contributed by atoms with van der Waals surface area (Å²) in [6.07, 6.45) is 5.88. The Morgan fingerprint density at radius 3 is 1.95 bits per heavy atom. The molecule has 0 spiro atoms. The summed E-state index contributed by atoms with van der Waals surface area (Å²) in [7, 11) is 0. The molecule has 6 rings (SSSR count). The first-order valence-corrected chi connectivity index (χ1v) is 12.5. The topological polar surface area (TPSA) is 169 Å². The van der Waals surface area contributed by atoms with Gasteiger partial charge in [-0.15, -0.1) is 10.2 Å². The molecule has 2 fully saturated rings. The molecule has 2 aromatic carbocycles. The van der Waals surface area contributed by atoms with Crippen molar-refractivity contribution in [1.82, 2.24) is 30.0 Å². The summed E-state index contributed by atoms with van der Waals surface area (Å²) in [6, 6.07) is 10.5. The standard InChI is InChI=1S/C11H12N4O3.C11H14N4O.C2H6O.CH4/c16-15(17)9-5-3-4-8-11(9)14(13-12-8)10-6-1-2-7-18-10;12-8-4-3-5-9-11(8)15(14-13-9)10-6-1-2-7-16-10;1-2-3;/h3-5,10H,1-2,6-7H2;3-5,10H,1-2,6-7,12H2;3H,2H2,1H3;1H4. The maximum atomic E-state index is 11.0. The summed E-state index contributed by atoms with van der Waals surface area (Å²) in [4.78, 5) is 10.6. The Bertz CT molecular complexity index is 1310. The predicted molar refractivity (Wildman–Crippen MR) is 143 cm³/mol. The van der Waals surface area contributed by atoms with Crippen molar-refractivity contribution < 1.29 is 19.5 Å². The summed E-state index contributed by atoms with van der Waals surface area (Å²) < 4.78 is 14.6. The summed E-state index contributed by atoms with van der Waals surface area (Å²) in [5.74, 6) is 0. The van der Waals surface area contributed by atoms with Crippen LogP contribution < -0.4 is 5.73 Å². The van der Waals surface area contributed by atoms with Crippen LogP contribution in [0.15, 0.2) is 36.4 Å². The maximum absolute atomic E-state index is 11.0.